The fourth-order valence-corrected chi connectivity index (χ4v) is 5.92. The van der Waals surface area contributed by atoms with E-state index in [1.54, 1.807) is 38.1 Å². The minimum Gasteiger partial charge on any atom is -0.495 e. The standard InChI is InChI=1S/C37H47ClN2O9/c1-21(2)16-30-35(44)47-28(22(3)32-33(49-32)25-13-10-23(19-41)11-14-25)8-7-9-31(42)40-27(18-24-12-15-29(46-6)26(38)17-24)34(43)39-20-37(4,5)36(45)48-30/h7,9-15,17,21-22,27-28,30,32-33,41H,8,16,18-20H2,1-6H3,(H,39,43)(H,40,42)/b9-7+/t22?,27-,28+,30?,32+,33+/m1/s1. The van der Waals surface area contributed by atoms with Crippen molar-refractivity contribution >= 4 is 35.4 Å². The molecular weight excluding hydrogens is 652 g/mol. The quantitative estimate of drug-likeness (QED) is 0.252. The lowest BCUT2D eigenvalue weighted by molar-refractivity contribution is -0.179. The number of cyclic esters (lactones) is 2. The second kappa shape index (κ2) is 16.7. The number of nitrogens with one attached hydrogen (secondary N) is 2. The lowest BCUT2D eigenvalue weighted by Crippen LogP contribution is -2.51. The van der Waals surface area contributed by atoms with E-state index in [9.17, 15) is 24.3 Å². The first kappa shape index (κ1) is 37.9. The number of hydrogen-bond donors (Lipinski definition) is 3. The number of benzene rings is 2. The van der Waals surface area contributed by atoms with Crippen molar-refractivity contribution in [2.75, 3.05) is 13.7 Å². The maximum Gasteiger partial charge on any atom is 0.347 e. The zero-order chi connectivity index (χ0) is 35.9. The van der Waals surface area contributed by atoms with Crippen LogP contribution in [0.3, 0.4) is 0 Å². The Bertz CT molecular complexity index is 1520. The van der Waals surface area contributed by atoms with Gasteiger partial charge >= 0.3 is 11.9 Å². The second-order valence-electron chi connectivity index (χ2n) is 13.8. The van der Waals surface area contributed by atoms with Crippen LogP contribution in [0.4, 0.5) is 0 Å². The first-order chi connectivity index (χ1) is 23.2. The van der Waals surface area contributed by atoms with Gasteiger partial charge in [0.2, 0.25) is 11.8 Å². The Morgan fingerprint density at radius 3 is 2.35 bits per heavy atom. The van der Waals surface area contributed by atoms with Crippen LogP contribution in [0.2, 0.25) is 5.02 Å². The number of carbonyl (C=O) groups excluding carboxylic acids is 4. The Morgan fingerprint density at radius 2 is 1.71 bits per heavy atom. The van der Waals surface area contributed by atoms with E-state index in [0.717, 1.165) is 11.1 Å². The average Bonchev–Trinajstić information content (AvgIpc) is 3.86. The minimum absolute atomic E-state index is 0.00322. The van der Waals surface area contributed by atoms with Crippen LogP contribution in [0.15, 0.2) is 54.6 Å². The van der Waals surface area contributed by atoms with Gasteiger partial charge in [-0.15, -0.1) is 0 Å². The number of amides is 2. The zero-order valence-electron chi connectivity index (χ0n) is 28.9. The van der Waals surface area contributed by atoms with Gasteiger partial charge in [-0.3, -0.25) is 14.4 Å². The van der Waals surface area contributed by atoms with Crippen molar-refractivity contribution in [2.45, 2.75) is 90.9 Å². The van der Waals surface area contributed by atoms with Crippen molar-refractivity contribution in [3.8, 4) is 5.75 Å². The summed E-state index contributed by atoms with van der Waals surface area (Å²) < 4.78 is 23.1. The largest absolute Gasteiger partial charge is 0.495 e. The molecule has 11 nitrogen and oxygen atoms in total. The van der Waals surface area contributed by atoms with Crippen LogP contribution < -0.4 is 15.4 Å². The van der Waals surface area contributed by atoms with Gasteiger partial charge in [0.05, 0.1) is 30.3 Å². The molecule has 0 saturated carbocycles. The Kier molecular flexibility index (Phi) is 12.9. The molecule has 2 aliphatic rings. The Balaban J connectivity index is 1.60. The molecule has 2 aromatic rings. The highest BCUT2D eigenvalue weighted by Gasteiger charge is 2.48. The van der Waals surface area contributed by atoms with Gasteiger partial charge in [0, 0.05) is 25.3 Å². The summed E-state index contributed by atoms with van der Waals surface area (Å²) in [7, 11) is 1.50. The number of ether oxygens (including phenoxy) is 4. The number of carbonyl (C=O) groups is 4. The minimum atomic E-state index is -1.21. The normalized spacial score (nSPS) is 26.2. The van der Waals surface area contributed by atoms with Crippen molar-refractivity contribution in [3.05, 3.63) is 76.3 Å². The van der Waals surface area contributed by atoms with Gasteiger partial charge in [0.1, 0.15) is 24.0 Å². The third-order valence-corrected chi connectivity index (χ3v) is 9.07. The number of epoxide rings is 1. The molecule has 2 unspecified atom stereocenters. The molecule has 1 fully saturated rings. The average molecular weight is 699 g/mol. The van der Waals surface area contributed by atoms with Crippen molar-refractivity contribution in [3.63, 3.8) is 0 Å². The van der Waals surface area contributed by atoms with Crippen LogP contribution in [-0.4, -0.2) is 66.9 Å². The Hall–Kier alpha value is -3.93. The Morgan fingerprint density at radius 1 is 1.02 bits per heavy atom. The number of aliphatic hydroxyl groups is 1. The predicted molar refractivity (Wildman–Crippen MR) is 183 cm³/mol. The highest BCUT2D eigenvalue weighted by molar-refractivity contribution is 6.32. The van der Waals surface area contributed by atoms with Crippen LogP contribution in [0.5, 0.6) is 5.75 Å². The third-order valence-electron chi connectivity index (χ3n) is 8.77. The molecule has 2 aliphatic heterocycles. The van der Waals surface area contributed by atoms with Gasteiger partial charge in [0.15, 0.2) is 6.10 Å². The molecule has 49 heavy (non-hydrogen) atoms. The highest BCUT2D eigenvalue weighted by atomic mass is 35.5. The SMILES string of the molecule is COc1ccc(C[C@H]2NC(=O)/C=C/C[C@@H](C(C)[C@@H]3O[C@H]3c3ccc(CO)cc3)OC(=O)C(CC(C)C)OC(=O)C(C)(C)CNC2=O)cc1Cl. The van der Waals surface area contributed by atoms with Crippen molar-refractivity contribution in [1.82, 2.24) is 10.6 Å². The zero-order valence-corrected chi connectivity index (χ0v) is 29.6. The summed E-state index contributed by atoms with van der Waals surface area (Å²) in [4.78, 5) is 53.7. The fraction of sp³-hybridized carbons (Fsp3) is 0.514. The van der Waals surface area contributed by atoms with Crippen molar-refractivity contribution in [1.29, 1.82) is 0 Å². The van der Waals surface area contributed by atoms with E-state index in [2.05, 4.69) is 10.6 Å². The molecule has 0 aliphatic carbocycles. The Labute approximate surface area is 292 Å². The van der Waals surface area contributed by atoms with Gasteiger partial charge in [-0.2, -0.15) is 0 Å². The topological polar surface area (TPSA) is 153 Å². The van der Waals surface area contributed by atoms with E-state index >= 15 is 0 Å². The molecule has 2 aromatic carbocycles. The molecule has 1 saturated heterocycles. The maximum absolute atomic E-state index is 13.6. The molecule has 0 spiro atoms. The molecule has 0 radical (unpaired) electrons. The van der Waals surface area contributed by atoms with E-state index in [1.807, 2.05) is 45.0 Å². The van der Waals surface area contributed by atoms with E-state index in [0.29, 0.717) is 16.3 Å². The van der Waals surface area contributed by atoms with E-state index in [1.165, 1.54) is 13.2 Å². The van der Waals surface area contributed by atoms with E-state index in [-0.39, 0.29) is 56.5 Å². The van der Waals surface area contributed by atoms with Gasteiger partial charge in [-0.25, -0.2) is 4.79 Å². The summed E-state index contributed by atoms with van der Waals surface area (Å²) in [6, 6.07) is 11.5. The molecular formula is C37H47ClN2O9. The summed E-state index contributed by atoms with van der Waals surface area (Å²) in [5.41, 5.74) is 1.18. The number of aliphatic hydroxyl groups excluding tert-OH is 1. The summed E-state index contributed by atoms with van der Waals surface area (Å²) in [5.74, 6) is -2.21. The highest BCUT2D eigenvalue weighted by Crippen LogP contribution is 2.45. The predicted octanol–water partition coefficient (Wildman–Crippen LogP) is 4.62. The molecule has 12 heteroatoms. The first-order valence-corrected chi connectivity index (χ1v) is 16.9. The van der Waals surface area contributed by atoms with Crippen LogP contribution in [0.1, 0.15) is 70.3 Å². The summed E-state index contributed by atoms with van der Waals surface area (Å²) in [6.45, 7) is 8.77. The number of esters is 2. The molecule has 2 amide bonds. The van der Waals surface area contributed by atoms with Crippen LogP contribution in [0.25, 0.3) is 0 Å². The molecule has 2 heterocycles. The van der Waals surface area contributed by atoms with E-state index in [4.69, 9.17) is 30.5 Å². The number of rotatable bonds is 9. The summed E-state index contributed by atoms with van der Waals surface area (Å²) >= 11 is 6.32. The molecule has 3 N–H and O–H groups in total. The second-order valence-corrected chi connectivity index (χ2v) is 14.2. The van der Waals surface area contributed by atoms with Gasteiger partial charge in [0.25, 0.3) is 0 Å². The van der Waals surface area contributed by atoms with Crippen molar-refractivity contribution < 1.29 is 43.2 Å². The third kappa shape index (κ3) is 10.3. The number of methoxy groups -OCH3 is 1. The first-order valence-electron chi connectivity index (χ1n) is 16.6. The molecule has 4 rings (SSSR count). The smallest absolute Gasteiger partial charge is 0.347 e. The molecule has 0 bridgehead atoms. The lowest BCUT2D eigenvalue weighted by Gasteiger charge is -2.29. The summed E-state index contributed by atoms with van der Waals surface area (Å²) in [6.07, 6.45) is 1.01. The number of halogens is 1. The summed E-state index contributed by atoms with van der Waals surface area (Å²) in [5, 5.41) is 15.3. The van der Waals surface area contributed by atoms with Gasteiger partial charge in [-0.05, 0) is 61.1 Å². The van der Waals surface area contributed by atoms with Crippen LogP contribution in [-0.2, 0) is 46.4 Å². The molecule has 266 valence electrons. The number of hydrogen-bond acceptors (Lipinski definition) is 9. The van der Waals surface area contributed by atoms with Gasteiger partial charge in [-0.1, -0.05) is 68.8 Å². The maximum atomic E-state index is 13.6. The molecule has 6 atom stereocenters. The van der Waals surface area contributed by atoms with Crippen LogP contribution >= 0.6 is 11.6 Å². The monoisotopic (exact) mass is 698 g/mol. The van der Waals surface area contributed by atoms with Gasteiger partial charge < -0.3 is 34.7 Å². The molecule has 0 aromatic heterocycles. The van der Waals surface area contributed by atoms with Crippen LogP contribution in [0, 0.1) is 17.3 Å². The lowest BCUT2D eigenvalue weighted by atomic mass is 9.92. The van der Waals surface area contributed by atoms with E-state index < -0.39 is 47.4 Å². The van der Waals surface area contributed by atoms with Crippen molar-refractivity contribution in [2.24, 2.45) is 17.3 Å². The fourth-order valence-electron chi connectivity index (χ4n) is 5.63.